The second-order valence-corrected chi connectivity index (χ2v) is 6.17. The lowest BCUT2D eigenvalue weighted by Gasteiger charge is -2.21. The number of hydrogen-bond donors (Lipinski definition) is 0. The first-order valence-electron chi connectivity index (χ1n) is 8.15. The Balaban J connectivity index is 2.21. The summed E-state index contributed by atoms with van der Waals surface area (Å²) in [5.74, 6) is 1.81. The lowest BCUT2D eigenvalue weighted by Crippen LogP contribution is -2.21. The first-order chi connectivity index (χ1) is 11.2. The van der Waals surface area contributed by atoms with Crippen LogP contribution in [-0.4, -0.2) is 47.3 Å². The van der Waals surface area contributed by atoms with Crippen molar-refractivity contribution in [2.24, 2.45) is 0 Å². The molecule has 0 saturated heterocycles. The molecule has 2 rings (SSSR count). The minimum Gasteiger partial charge on any atom is -0.384 e. The molecule has 0 N–H and O–H groups in total. The molecule has 6 heteroatoms. The summed E-state index contributed by atoms with van der Waals surface area (Å²) >= 11 is 1.68. The smallest absolute Gasteiger partial charge is 0.191 e. The van der Waals surface area contributed by atoms with Gasteiger partial charge >= 0.3 is 0 Å². The number of methoxy groups -OCH3 is 1. The molecule has 0 fully saturated rings. The molecule has 0 spiro atoms. The lowest BCUT2D eigenvalue weighted by atomic mass is 10.2. The van der Waals surface area contributed by atoms with Crippen LogP contribution in [0.1, 0.15) is 20.8 Å². The van der Waals surface area contributed by atoms with E-state index in [2.05, 4.69) is 64.7 Å². The van der Waals surface area contributed by atoms with Crippen molar-refractivity contribution in [1.29, 1.82) is 0 Å². The maximum atomic E-state index is 5.10. The van der Waals surface area contributed by atoms with Gasteiger partial charge < -0.3 is 14.2 Å². The minimum absolute atomic E-state index is 0.717. The minimum atomic E-state index is 0.717. The molecule has 0 unspecified atom stereocenters. The highest BCUT2D eigenvalue weighted by Gasteiger charge is 2.13. The standard InChI is InChI=1S/C17H26N4OS/c1-5-20(6-2)15-10-8-14(9-11-15)16-18-19-17(21(16)7-3)23-13-12-22-4/h8-11H,5-7,12-13H2,1-4H3. The molecular formula is C17H26N4OS. The van der Waals surface area contributed by atoms with Crippen molar-refractivity contribution >= 4 is 17.4 Å². The molecule has 0 atom stereocenters. The fraction of sp³-hybridized carbons (Fsp3) is 0.529. The second kappa shape index (κ2) is 8.93. The quantitative estimate of drug-likeness (QED) is 0.518. The summed E-state index contributed by atoms with van der Waals surface area (Å²) in [7, 11) is 1.72. The van der Waals surface area contributed by atoms with Crippen molar-refractivity contribution in [3.8, 4) is 11.4 Å². The van der Waals surface area contributed by atoms with Gasteiger partial charge in [0.25, 0.3) is 0 Å². The van der Waals surface area contributed by atoms with Gasteiger partial charge in [-0.3, -0.25) is 0 Å². The van der Waals surface area contributed by atoms with Crippen LogP contribution in [-0.2, 0) is 11.3 Å². The molecule has 5 nitrogen and oxygen atoms in total. The van der Waals surface area contributed by atoms with Crippen LogP contribution in [0.25, 0.3) is 11.4 Å². The predicted octanol–water partition coefficient (Wildman–Crippen LogP) is 3.55. The van der Waals surface area contributed by atoms with Crippen LogP contribution in [0.2, 0.25) is 0 Å². The highest BCUT2D eigenvalue weighted by atomic mass is 32.2. The van der Waals surface area contributed by atoms with Gasteiger partial charge in [-0.2, -0.15) is 0 Å². The van der Waals surface area contributed by atoms with Gasteiger partial charge in [0.1, 0.15) is 0 Å². The first-order valence-corrected chi connectivity index (χ1v) is 9.13. The number of rotatable bonds is 9. The Hall–Kier alpha value is -1.53. The number of nitrogens with zero attached hydrogens (tertiary/aromatic N) is 4. The molecule has 1 aromatic carbocycles. The third-order valence-electron chi connectivity index (χ3n) is 3.81. The number of aromatic nitrogens is 3. The van der Waals surface area contributed by atoms with Gasteiger partial charge in [-0.05, 0) is 45.0 Å². The highest BCUT2D eigenvalue weighted by molar-refractivity contribution is 7.99. The molecule has 0 saturated carbocycles. The average molecular weight is 334 g/mol. The highest BCUT2D eigenvalue weighted by Crippen LogP contribution is 2.25. The average Bonchev–Trinajstić information content (AvgIpc) is 3.00. The normalized spacial score (nSPS) is 11.0. The van der Waals surface area contributed by atoms with E-state index in [1.165, 1.54) is 5.69 Å². The molecule has 1 heterocycles. The molecule has 126 valence electrons. The first kappa shape index (κ1) is 17.8. The zero-order valence-electron chi connectivity index (χ0n) is 14.5. The SMILES string of the molecule is CCN(CC)c1ccc(-c2nnc(SCCOC)n2CC)cc1. The van der Waals surface area contributed by atoms with Crippen LogP contribution in [0, 0.1) is 0 Å². The summed E-state index contributed by atoms with van der Waals surface area (Å²) in [5.41, 5.74) is 2.35. The Labute approximate surface area is 143 Å². The molecule has 0 bridgehead atoms. The van der Waals surface area contributed by atoms with E-state index in [0.29, 0.717) is 0 Å². The Morgan fingerprint density at radius 1 is 1.09 bits per heavy atom. The van der Waals surface area contributed by atoms with Crippen LogP contribution >= 0.6 is 11.8 Å². The molecule has 2 aromatic rings. The zero-order valence-corrected chi connectivity index (χ0v) is 15.3. The number of thioether (sulfide) groups is 1. The predicted molar refractivity (Wildman–Crippen MR) is 97.3 cm³/mol. The summed E-state index contributed by atoms with van der Waals surface area (Å²) in [5, 5.41) is 9.67. The van der Waals surface area contributed by atoms with Crippen LogP contribution in [0.4, 0.5) is 5.69 Å². The second-order valence-electron chi connectivity index (χ2n) is 5.11. The van der Waals surface area contributed by atoms with E-state index in [-0.39, 0.29) is 0 Å². The maximum absolute atomic E-state index is 5.10. The fourth-order valence-electron chi connectivity index (χ4n) is 2.52. The monoisotopic (exact) mass is 334 g/mol. The van der Waals surface area contributed by atoms with Gasteiger partial charge in [0.2, 0.25) is 0 Å². The van der Waals surface area contributed by atoms with Gasteiger partial charge in [-0.1, -0.05) is 11.8 Å². The molecular weight excluding hydrogens is 308 g/mol. The summed E-state index contributed by atoms with van der Waals surface area (Å²) < 4.78 is 7.26. The van der Waals surface area contributed by atoms with Gasteiger partial charge in [-0.15, -0.1) is 10.2 Å². The molecule has 0 aliphatic heterocycles. The Morgan fingerprint density at radius 3 is 2.35 bits per heavy atom. The molecule has 0 aliphatic carbocycles. The van der Waals surface area contributed by atoms with E-state index in [4.69, 9.17) is 4.74 Å². The fourth-order valence-corrected chi connectivity index (χ4v) is 3.42. The van der Waals surface area contributed by atoms with E-state index in [0.717, 1.165) is 48.5 Å². The van der Waals surface area contributed by atoms with Crippen LogP contribution in [0.5, 0.6) is 0 Å². The molecule has 23 heavy (non-hydrogen) atoms. The molecule has 1 aromatic heterocycles. The third kappa shape index (κ3) is 4.26. The summed E-state index contributed by atoms with van der Waals surface area (Å²) in [6.45, 7) is 10.1. The van der Waals surface area contributed by atoms with Crippen LogP contribution < -0.4 is 4.90 Å². The van der Waals surface area contributed by atoms with Gasteiger partial charge in [0.05, 0.1) is 6.61 Å². The van der Waals surface area contributed by atoms with Crippen LogP contribution in [0.3, 0.4) is 0 Å². The Morgan fingerprint density at radius 2 is 1.78 bits per heavy atom. The van der Waals surface area contributed by atoms with E-state index in [1.807, 2.05) is 0 Å². The topological polar surface area (TPSA) is 43.2 Å². The van der Waals surface area contributed by atoms with E-state index >= 15 is 0 Å². The number of anilines is 1. The van der Waals surface area contributed by atoms with Crippen molar-refractivity contribution < 1.29 is 4.74 Å². The number of ether oxygens (including phenoxy) is 1. The maximum Gasteiger partial charge on any atom is 0.191 e. The van der Waals surface area contributed by atoms with Crippen molar-refractivity contribution in [2.75, 3.05) is 37.5 Å². The Kier molecular flexibility index (Phi) is 6.92. The van der Waals surface area contributed by atoms with Crippen molar-refractivity contribution in [3.05, 3.63) is 24.3 Å². The summed E-state index contributed by atoms with van der Waals surface area (Å²) in [4.78, 5) is 2.33. The summed E-state index contributed by atoms with van der Waals surface area (Å²) in [6, 6.07) is 8.59. The molecule has 0 amide bonds. The largest absolute Gasteiger partial charge is 0.384 e. The van der Waals surface area contributed by atoms with Gasteiger partial charge in [0, 0.05) is 43.7 Å². The van der Waals surface area contributed by atoms with E-state index in [9.17, 15) is 0 Å². The molecule has 0 aliphatic rings. The van der Waals surface area contributed by atoms with E-state index in [1.54, 1.807) is 18.9 Å². The number of benzene rings is 1. The lowest BCUT2D eigenvalue weighted by molar-refractivity contribution is 0.218. The van der Waals surface area contributed by atoms with Crippen LogP contribution in [0.15, 0.2) is 29.4 Å². The van der Waals surface area contributed by atoms with Gasteiger partial charge in [0.15, 0.2) is 11.0 Å². The van der Waals surface area contributed by atoms with Crippen molar-refractivity contribution in [3.63, 3.8) is 0 Å². The molecule has 0 radical (unpaired) electrons. The van der Waals surface area contributed by atoms with Crippen molar-refractivity contribution in [2.45, 2.75) is 32.5 Å². The van der Waals surface area contributed by atoms with E-state index < -0.39 is 0 Å². The van der Waals surface area contributed by atoms with Gasteiger partial charge in [-0.25, -0.2) is 0 Å². The van der Waals surface area contributed by atoms with Crippen molar-refractivity contribution in [1.82, 2.24) is 14.8 Å². The summed E-state index contributed by atoms with van der Waals surface area (Å²) in [6.07, 6.45) is 0. The number of hydrogen-bond acceptors (Lipinski definition) is 5. The third-order valence-corrected chi connectivity index (χ3v) is 4.74. The zero-order chi connectivity index (χ0) is 16.7. The Bertz CT molecular complexity index is 593.